The van der Waals surface area contributed by atoms with Crippen LogP contribution in [0.5, 0.6) is 5.75 Å². The average molecular weight is 194 g/mol. The van der Waals surface area contributed by atoms with Crippen LogP contribution in [-0.4, -0.2) is 26.0 Å². The van der Waals surface area contributed by atoms with Crippen LogP contribution in [0.4, 0.5) is 0 Å². The Bertz CT molecular complexity index is 333. The van der Waals surface area contributed by atoms with Crippen LogP contribution < -0.4 is 4.74 Å². The van der Waals surface area contributed by atoms with E-state index in [1.165, 1.54) is 7.11 Å². The number of rotatable bonds is 4. The van der Waals surface area contributed by atoms with E-state index >= 15 is 0 Å². The number of hydrogen-bond donors (Lipinski definition) is 0. The molecule has 0 radical (unpaired) electrons. The average Bonchev–Trinajstić information content (AvgIpc) is 2.25. The number of ether oxygens (including phenoxy) is 2. The van der Waals surface area contributed by atoms with Crippen molar-refractivity contribution in [2.24, 2.45) is 0 Å². The second-order valence-corrected chi connectivity index (χ2v) is 2.47. The molecule has 1 rings (SSSR count). The lowest BCUT2D eigenvalue weighted by Crippen LogP contribution is -2.06. The summed E-state index contributed by atoms with van der Waals surface area (Å²) in [6, 6.07) is 6.59. The SMILES string of the molecule is COC(=O)c1ccccc1OCC=O. The monoisotopic (exact) mass is 194 g/mol. The lowest BCUT2D eigenvalue weighted by Gasteiger charge is -2.06. The van der Waals surface area contributed by atoms with Gasteiger partial charge >= 0.3 is 5.97 Å². The fraction of sp³-hybridized carbons (Fsp3) is 0.200. The Morgan fingerprint density at radius 2 is 2.14 bits per heavy atom. The molecular weight excluding hydrogens is 184 g/mol. The first-order valence-corrected chi connectivity index (χ1v) is 4.03. The molecule has 14 heavy (non-hydrogen) atoms. The summed E-state index contributed by atoms with van der Waals surface area (Å²) in [6.45, 7) is -0.0754. The molecule has 74 valence electrons. The summed E-state index contributed by atoms with van der Waals surface area (Å²) in [6.07, 6.45) is 0.619. The topological polar surface area (TPSA) is 52.6 Å². The highest BCUT2D eigenvalue weighted by atomic mass is 16.5. The van der Waals surface area contributed by atoms with Gasteiger partial charge < -0.3 is 9.47 Å². The van der Waals surface area contributed by atoms with E-state index in [-0.39, 0.29) is 6.61 Å². The summed E-state index contributed by atoms with van der Waals surface area (Å²) in [4.78, 5) is 21.3. The van der Waals surface area contributed by atoms with Crippen LogP contribution >= 0.6 is 0 Å². The van der Waals surface area contributed by atoms with E-state index in [0.29, 0.717) is 17.6 Å². The third-order valence-corrected chi connectivity index (χ3v) is 1.60. The highest BCUT2D eigenvalue weighted by Crippen LogP contribution is 2.18. The minimum absolute atomic E-state index is 0.0754. The first kappa shape index (κ1) is 10.2. The van der Waals surface area contributed by atoms with Gasteiger partial charge in [0.2, 0.25) is 0 Å². The van der Waals surface area contributed by atoms with Crippen molar-refractivity contribution in [3.63, 3.8) is 0 Å². The molecule has 0 fully saturated rings. The van der Waals surface area contributed by atoms with Gasteiger partial charge in [0, 0.05) is 0 Å². The van der Waals surface area contributed by atoms with Crippen LogP contribution in [-0.2, 0) is 9.53 Å². The number of hydrogen-bond acceptors (Lipinski definition) is 4. The largest absolute Gasteiger partial charge is 0.485 e. The van der Waals surface area contributed by atoms with Crippen LogP contribution in [0.15, 0.2) is 24.3 Å². The number of aldehydes is 1. The summed E-state index contributed by atoms with van der Waals surface area (Å²) in [5.74, 6) is -0.127. The van der Waals surface area contributed by atoms with Gasteiger partial charge in [0.1, 0.15) is 17.9 Å². The van der Waals surface area contributed by atoms with Gasteiger partial charge in [-0.05, 0) is 12.1 Å². The standard InChI is InChI=1S/C10H10O4/c1-13-10(12)8-4-2-3-5-9(8)14-7-6-11/h2-6H,7H2,1H3. The van der Waals surface area contributed by atoms with Crippen LogP contribution in [0, 0.1) is 0 Å². The fourth-order valence-corrected chi connectivity index (χ4v) is 0.995. The van der Waals surface area contributed by atoms with Gasteiger partial charge in [0.15, 0.2) is 6.29 Å². The van der Waals surface area contributed by atoms with Crippen molar-refractivity contribution in [1.82, 2.24) is 0 Å². The van der Waals surface area contributed by atoms with Gasteiger partial charge in [-0.3, -0.25) is 4.79 Å². The fourth-order valence-electron chi connectivity index (χ4n) is 0.995. The lowest BCUT2D eigenvalue weighted by molar-refractivity contribution is -0.109. The Kier molecular flexibility index (Phi) is 3.67. The smallest absolute Gasteiger partial charge is 0.341 e. The number of carbonyl (C=O) groups is 2. The van der Waals surface area contributed by atoms with Crippen LogP contribution in [0.1, 0.15) is 10.4 Å². The van der Waals surface area contributed by atoms with Crippen molar-refractivity contribution < 1.29 is 19.1 Å². The summed E-state index contributed by atoms with van der Waals surface area (Å²) >= 11 is 0. The van der Waals surface area contributed by atoms with Crippen molar-refractivity contribution in [3.8, 4) is 5.75 Å². The number of methoxy groups -OCH3 is 1. The molecule has 0 heterocycles. The molecule has 0 aliphatic heterocycles. The molecule has 0 bridgehead atoms. The molecule has 0 amide bonds. The molecule has 0 aliphatic carbocycles. The summed E-state index contributed by atoms with van der Waals surface area (Å²) in [5.41, 5.74) is 0.317. The predicted octanol–water partition coefficient (Wildman–Crippen LogP) is 1.05. The van der Waals surface area contributed by atoms with Crippen LogP contribution in [0.25, 0.3) is 0 Å². The summed E-state index contributed by atoms with van der Waals surface area (Å²) in [7, 11) is 1.29. The molecule has 0 saturated carbocycles. The minimum Gasteiger partial charge on any atom is -0.485 e. The van der Waals surface area contributed by atoms with E-state index in [1.54, 1.807) is 24.3 Å². The lowest BCUT2D eigenvalue weighted by atomic mass is 10.2. The molecule has 1 aromatic rings. The van der Waals surface area contributed by atoms with Crippen LogP contribution in [0.3, 0.4) is 0 Å². The number of carbonyl (C=O) groups excluding carboxylic acids is 2. The number of para-hydroxylation sites is 1. The number of benzene rings is 1. The van der Waals surface area contributed by atoms with Crippen molar-refractivity contribution in [2.45, 2.75) is 0 Å². The first-order chi connectivity index (χ1) is 6.79. The zero-order chi connectivity index (χ0) is 10.4. The molecule has 0 saturated heterocycles. The third-order valence-electron chi connectivity index (χ3n) is 1.60. The van der Waals surface area contributed by atoms with Crippen molar-refractivity contribution in [3.05, 3.63) is 29.8 Å². The van der Waals surface area contributed by atoms with E-state index < -0.39 is 5.97 Å². The predicted molar refractivity (Wildman–Crippen MR) is 49.3 cm³/mol. The molecule has 0 unspecified atom stereocenters. The quantitative estimate of drug-likeness (QED) is 0.531. The summed E-state index contributed by atoms with van der Waals surface area (Å²) in [5, 5.41) is 0. The highest BCUT2D eigenvalue weighted by molar-refractivity contribution is 5.92. The molecule has 0 atom stereocenters. The Morgan fingerprint density at radius 3 is 2.79 bits per heavy atom. The van der Waals surface area contributed by atoms with Crippen molar-refractivity contribution >= 4 is 12.3 Å². The Hall–Kier alpha value is -1.84. The van der Waals surface area contributed by atoms with Gasteiger partial charge in [-0.1, -0.05) is 12.1 Å². The zero-order valence-corrected chi connectivity index (χ0v) is 7.73. The third kappa shape index (κ3) is 2.32. The van der Waals surface area contributed by atoms with Gasteiger partial charge in [-0.25, -0.2) is 4.79 Å². The normalized spacial score (nSPS) is 9.21. The first-order valence-electron chi connectivity index (χ1n) is 4.03. The molecule has 0 spiro atoms. The van der Waals surface area contributed by atoms with Gasteiger partial charge in [-0.15, -0.1) is 0 Å². The Labute approximate surface area is 81.4 Å². The maximum atomic E-state index is 11.2. The van der Waals surface area contributed by atoms with Gasteiger partial charge in [0.25, 0.3) is 0 Å². The van der Waals surface area contributed by atoms with Crippen molar-refractivity contribution in [1.29, 1.82) is 0 Å². The van der Waals surface area contributed by atoms with Crippen molar-refractivity contribution in [2.75, 3.05) is 13.7 Å². The molecule has 4 nitrogen and oxygen atoms in total. The molecular formula is C10H10O4. The van der Waals surface area contributed by atoms with E-state index in [4.69, 9.17) is 4.74 Å². The minimum atomic E-state index is -0.480. The van der Waals surface area contributed by atoms with E-state index in [0.717, 1.165) is 0 Å². The van der Waals surface area contributed by atoms with Crippen LogP contribution in [0.2, 0.25) is 0 Å². The molecule has 4 heteroatoms. The Morgan fingerprint density at radius 1 is 1.43 bits per heavy atom. The zero-order valence-electron chi connectivity index (χ0n) is 7.73. The van der Waals surface area contributed by atoms with Gasteiger partial charge in [-0.2, -0.15) is 0 Å². The Balaban J connectivity index is 2.90. The van der Waals surface area contributed by atoms with E-state index in [2.05, 4.69) is 4.74 Å². The maximum Gasteiger partial charge on any atom is 0.341 e. The second kappa shape index (κ2) is 5.01. The van der Waals surface area contributed by atoms with Gasteiger partial charge in [0.05, 0.1) is 7.11 Å². The molecule has 0 aromatic heterocycles. The van der Waals surface area contributed by atoms with E-state index in [9.17, 15) is 9.59 Å². The molecule has 0 N–H and O–H groups in total. The summed E-state index contributed by atoms with van der Waals surface area (Å²) < 4.78 is 9.59. The molecule has 1 aromatic carbocycles. The molecule has 0 aliphatic rings. The van der Waals surface area contributed by atoms with E-state index in [1.807, 2.05) is 0 Å². The highest BCUT2D eigenvalue weighted by Gasteiger charge is 2.11. The maximum absolute atomic E-state index is 11.2. The number of esters is 1. The second-order valence-electron chi connectivity index (χ2n) is 2.47.